The van der Waals surface area contributed by atoms with Crippen molar-refractivity contribution in [1.29, 1.82) is 5.26 Å². The molecule has 0 radical (unpaired) electrons. The molecule has 4 rings (SSSR count). The molecule has 1 saturated heterocycles. The Morgan fingerprint density at radius 2 is 1.97 bits per heavy atom. The van der Waals surface area contributed by atoms with Gasteiger partial charge in [0.25, 0.3) is 0 Å². The number of H-pyrrole nitrogens is 1. The molecule has 0 aromatic carbocycles. The highest BCUT2D eigenvalue weighted by molar-refractivity contribution is 6.12. The molecule has 3 atom stereocenters. The number of carbonyl (C=O) groups is 1. The van der Waals surface area contributed by atoms with Crippen molar-refractivity contribution in [2.24, 2.45) is 0 Å². The summed E-state index contributed by atoms with van der Waals surface area (Å²) in [6.45, 7) is 9.26. The molecular weight excluding hydrogens is 382 g/mol. The van der Waals surface area contributed by atoms with Gasteiger partial charge in [-0.25, -0.2) is 9.97 Å². The van der Waals surface area contributed by atoms with Crippen LogP contribution < -0.4 is 26.3 Å². The van der Waals surface area contributed by atoms with Crippen LogP contribution in [0.3, 0.4) is 0 Å². The molecule has 30 heavy (non-hydrogen) atoms. The number of nitrogens with zero attached hydrogens (tertiary/aromatic N) is 4. The Morgan fingerprint density at radius 3 is 2.57 bits per heavy atom. The molecule has 2 aromatic rings. The molecule has 0 unspecified atom stereocenters. The molecule has 2 aliphatic rings. The number of hydrogen-bond donors (Lipinski definition) is 2. The molecule has 0 saturated carbocycles. The fraction of sp³-hybridized carbons (Fsp3) is 0.524. The van der Waals surface area contributed by atoms with Crippen molar-refractivity contribution >= 4 is 40.0 Å². The van der Waals surface area contributed by atoms with Gasteiger partial charge in [0, 0.05) is 17.0 Å². The van der Waals surface area contributed by atoms with Crippen LogP contribution in [0, 0.1) is 11.3 Å². The summed E-state index contributed by atoms with van der Waals surface area (Å²) in [5.74, 6) is 1.69. The van der Waals surface area contributed by atoms with Gasteiger partial charge in [0.2, 0.25) is 17.5 Å². The standard InChI is InChI=1S/C21H27N7O2/c1-5-10(2)28-15(29)6-13-16-14(7-22)20(27-8-11(3)30-12(4)9-27)25-18(23)17(16)19(24)26-21(13)28/h10-12H,5-6,8-9H2,1-4H3,(H2,23,25)(H2,24,26)/p+1/t10-,11-,12-/m1/s1. The summed E-state index contributed by atoms with van der Waals surface area (Å²) in [7, 11) is 0. The van der Waals surface area contributed by atoms with Crippen molar-refractivity contribution in [2.75, 3.05) is 34.4 Å². The first-order chi connectivity index (χ1) is 14.3. The third kappa shape index (κ3) is 2.99. The van der Waals surface area contributed by atoms with E-state index in [0.29, 0.717) is 46.9 Å². The zero-order chi connectivity index (χ0) is 21.7. The summed E-state index contributed by atoms with van der Waals surface area (Å²) >= 11 is 0. The Labute approximate surface area is 175 Å². The number of pyridine rings is 2. The number of rotatable bonds is 3. The number of nitrogens with two attached hydrogens (primary N) is 2. The largest absolute Gasteiger partial charge is 0.383 e. The Bertz CT molecular complexity index is 1070. The first kappa shape index (κ1) is 20.2. The maximum Gasteiger partial charge on any atom is 0.240 e. The second kappa shape index (κ2) is 7.29. The number of carbonyl (C=O) groups excluding carboxylic acids is 1. The van der Waals surface area contributed by atoms with E-state index in [0.717, 1.165) is 12.0 Å². The lowest BCUT2D eigenvalue weighted by Crippen LogP contribution is -2.48. The van der Waals surface area contributed by atoms with Gasteiger partial charge in [0.1, 0.15) is 23.3 Å². The minimum atomic E-state index is -0.0378. The first-order valence-corrected chi connectivity index (χ1v) is 10.4. The van der Waals surface area contributed by atoms with Crippen molar-refractivity contribution in [2.45, 2.75) is 58.8 Å². The lowest BCUT2D eigenvalue weighted by molar-refractivity contribution is -0.345. The predicted molar refractivity (Wildman–Crippen MR) is 115 cm³/mol. The summed E-state index contributed by atoms with van der Waals surface area (Å²) in [5.41, 5.74) is 13.8. The second-order valence-electron chi connectivity index (χ2n) is 8.28. The Balaban J connectivity index is 2.00. The topological polar surface area (TPSA) is 136 Å². The number of fused-ring (bicyclic) bond motifs is 3. The van der Waals surface area contributed by atoms with Crippen LogP contribution in [0.5, 0.6) is 0 Å². The zero-order valence-electron chi connectivity index (χ0n) is 17.8. The van der Waals surface area contributed by atoms with Gasteiger partial charge in [-0.2, -0.15) is 5.26 Å². The molecule has 9 heteroatoms. The molecule has 1 fully saturated rings. The average Bonchev–Trinajstić information content (AvgIpc) is 3.01. The van der Waals surface area contributed by atoms with Crippen LogP contribution in [0.25, 0.3) is 10.8 Å². The summed E-state index contributed by atoms with van der Waals surface area (Å²) in [5, 5.41) is 11.3. The van der Waals surface area contributed by atoms with Crippen LogP contribution in [0.1, 0.15) is 45.2 Å². The number of nitrogens with one attached hydrogen (secondary N) is 1. The molecule has 5 N–H and O–H groups in total. The van der Waals surface area contributed by atoms with Gasteiger partial charge in [-0.05, 0) is 27.2 Å². The van der Waals surface area contributed by atoms with E-state index in [1.54, 1.807) is 4.90 Å². The number of aromatic amines is 1. The highest BCUT2D eigenvalue weighted by atomic mass is 16.5. The van der Waals surface area contributed by atoms with E-state index in [2.05, 4.69) is 20.9 Å². The molecule has 158 valence electrons. The molecule has 2 aromatic heterocycles. The van der Waals surface area contributed by atoms with Crippen molar-refractivity contribution in [3.05, 3.63) is 11.1 Å². The van der Waals surface area contributed by atoms with E-state index >= 15 is 0 Å². The van der Waals surface area contributed by atoms with Gasteiger partial charge in [0.15, 0.2) is 0 Å². The van der Waals surface area contributed by atoms with Gasteiger partial charge < -0.3 is 16.2 Å². The quantitative estimate of drug-likeness (QED) is 0.780. The first-order valence-electron chi connectivity index (χ1n) is 10.4. The lowest BCUT2D eigenvalue weighted by Gasteiger charge is -2.33. The van der Waals surface area contributed by atoms with E-state index in [4.69, 9.17) is 16.2 Å². The molecule has 0 aliphatic carbocycles. The van der Waals surface area contributed by atoms with Crippen LogP contribution >= 0.6 is 0 Å². The number of nitriles is 1. The molecule has 0 bridgehead atoms. The summed E-state index contributed by atoms with van der Waals surface area (Å²) in [6.07, 6.45) is 0.995. The monoisotopic (exact) mass is 410 g/mol. The number of anilines is 4. The average molecular weight is 411 g/mol. The van der Waals surface area contributed by atoms with E-state index in [9.17, 15) is 10.1 Å². The van der Waals surface area contributed by atoms with Crippen molar-refractivity contribution < 1.29 is 14.5 Å². The number of hydrogen-bond acceptors (Lipinski definition) is 7. The van der Waals surface area contributed by atoms with E-state index < -0.39 is 0 Å². The predicted octanol–water partition coefficient (Wildman–Crippen LogP) is 1.39. The van der Waals surface area contributed by atoms with Crippen molar-refractivity contribution in [3.8, 4) is 6.07 Å². The highest BCUT2D eigenvalue weighted by Crippen LogP contribution is 2.41. The number of nitrogen functional groups attached to an aromatic ring is 2. The third-order valence-corrected chi connectivity index (χ3v) is 6.02. The molecule has 1 amide bonds. The maximum atomic E-state index is 12.8. The van der Waals surface area contributed by atoms with Gasteiger partial charge >= 0.3 is 0 Å². The number of amides is 1. The van der Waals surface area contributed by atoms with Gasteiger partial charge in [-0.1, -0.05) is 6.92 Å². The molecule has 2 aliphatic heterocycles. The Hall–Kier alpha value is -3.12. The smallest absolute Gasteiger partial charge is 0.240 e. The molecule has 4 heterocycles. The van der Waals surface area contributed by atoms with Gasteiger partial charge in [-0.15, -0.1) is 0 Å². The highest BCUT2D eigenvalue weighted by Gasteiger charge is 2.38. The zero-order valence-corrected chi connectivity index (χ0v) is 17.8. The van der Waals surface area contributed by atoms with E-state index in [-0.39, 0.29) is 36.4 Å². The summed E-state index contributed by atoms with van der Waals surface area (Å²) in [6, 6.07) is 2.33. The van der Waals surface area contributed by atoms with Gasteiger partial charge in [0.05, 0.1) is 37.1 Å². The van der Waals surface area contributed by atoms with Crippen LogP contribution in [-0.4, -0.2) is 42.2 Å². The van der Waals surface area contributed by atoms with Crippen LogP contribution in [-0.2, 0) is 16.0 Å². The Morgan fingerprint density at radius 1 is 1.30 bits per heavy atom. The van der Waals surface area contributed by atoms with Gasteiger partial charge in [-0.3, -0.25) is 14.6 Å². The third-order valence-electron chi connectivity index (χ3n) is 6.02. The molecular formula is C21H28N7O2+. The number of aromatic nitrogens is 2. The summed E-state index contributed by atoms with van der Waals surface area (Å²) < 4.78 is 5.84. The molecule has 0 spiro atoms. The lowest BCUT2D eigenvalue weighted by atomic mass is 10.00. The van der Waals surface area contributed by atoms with Crippen LogP contribution in [0.2, 0.25) is 0 Å². The number of ether oxygens (including phenoxy) is 1. The summed E-state index contributed by atoms with van der Waals surface area (Å²) in [4.78, 5) is 24.3. The fourth-order valence-electron chi connectivity index (χ4n) is 4.61. The van der Waals surface area contributed by atoms with Crippen molar-refractivity contribution in [1.82, 2.24) is 4.98 Å². The maximum absolute atomic E-state index is 12.8. The van der Waals surface area contributed by atoms with Crippen LogP contribution in [0.4, 0.5) is 23.3 Å². The number of morpholine rings is 1. The normalized spacial score (nSPS) is 22.3. The minimum absolute atomic E-state index is 0.0123. The van der Waals surface area contributed by atoms with E-state index in [1.807, 2.05) is 27.7 Å². The fourth-order valence-corrected chi connectivity index (χ4v) is 4.61. The van der Waals surface area contributed by atoms with Crippen LogP contribution in [0.15, 0.2) is 0 Å². The van der Waals surface area contributed by atoms with Crippen molar-refractivity contribution in [3.63, 3.8) is 0 Å². The molecule has 9 nitrogen and oxygen atoms in total. The van der Waals surface area contributed by atoms with E-state index in [1.165, 1.54) is 0 Å². The minimum Gasteiger partial charge on any atom is -0.383 e. The second-order valence-corrected chi connectivity index (χ2v) is 8.28. The SMILES string of the molecule is CC[C@@H](C)N1C(=O)Cc2c1nc(N)c1c(N)[nH+]c(N3C[C@@H](C)O[C@H](C)C3)c(C#N)c21. The Kier molecular flexibility index (Phi) is 4.90.